The van der Waals surface area contributed by atoms with Crippen molar-refractivity contribution in [3.8, 4) is 0 Å². The molecule has 0 unspecified atom stereocenters. The van der Waals surface area contributed by atoms with Gasteiger partial charge in [0.1, 0.15) is 18.4 Å². The van der Waals surface area contributed by atoms with E-state index in [9.17, 15) is 22.4 Å². The number of hydrogen-bond donors (Lipinski definition) is 1. The number of benzene rings is 2. The van der Waals surface area contributed by atoms with Crippen molar-refractivity contribution in [1.82, 2.24) is 14.5 Å². The number of halogens is 1. The molecule has 1 N–H and O–H groups in total. The highest BCUT2D eigenvalue weighted by Gasteiger charge is 2.34. The van der Waals surface area contributed by atoms with Crippen LogP contribution in [-0.4, -0.2) is 63.2 Å². The zero-order valence-corrected chi connectivity index (χ0v) is 21.3. The predicted octanol–water partition coefficient (Wildman–Crippen LogP) is 2.61. The van der Waals surface area contributed by atoms with E-state index in [1.165, 1.54) is 50.3 Å². The van der Waals surface area contributed by atoms with Gasteiger partial charge in [-0.05, 0) is 55.2 Å². The van der Waals surface area contributed by atoms with Gasteiger partial charge in [-0.3, -0.25) is 9.59 Å². The van der Waals surface area contributed by atoms with Gasteiger partial charge in [0.15, 0.2) is 0 Å². The second kappa shape index (κ2) is 11.4. The number of nitrogens with zero attached hydrogens (tertiary/aromatic N) is 3. The van der Waals surface area contributed by atoms with Gasteiger partial charge in [-0.15, -0.1) is 0 Å². The second-order valence-electron chi connectivity index (χ2n) is 8.27. The molecule has 0 aromatic heterocycles. The molecule has 34 heavy (non-hydrogen) atoms. The fourth-order valence-corrected chi connectivity index (χ4v) is 4.68. The van der Waals surface area contributed by atoms with Crippen molar-refractivity contribution < 1.29 is 22.4 Å². The predicted molar refractivity (Wildman–Crippen MR) is 131 cm³/mol. The molecule has 8 nitrogen and oxygen atoms in total. The van der Waals surface area contributed by atoms with Gasteiger partial charge in [0, 0.05) is 27.7 Å². The quantitative estimate of drug-likeness (QED) is 0.552. The standard InChI is InChI=1S/C24H33FN4O4S/c1-7-21(24(31)26-4)28(15-19-10-12-20(25)13-11-19)23(30)16-29(34(32,33)27(5)6)22-14-17(2)8-9-18(22)3/h8-14,21H,7,15-16H2,1-6H3,(H,26,31)/t21-/m1/s1. The van der Waals surface area contributed by atoms with Crippen molar-refractivity contribution in [1.29, 1.82) is 0 Å². The number of likely N-dealkylation sites (N-methyl/N-ethyl adjacent to an activating group) is 1. The zero-order valence-electron chi connectivity index (χ0n) is 20.5. The molecule has 0 aliphatic rings. The van der Waals surface area contributed by atoms with E-state index in [1.807, 2.05) is 13.0 Å². The van der Waals surface area contributed by atoms with Crippen molar-refractivity contribution in [3.05, 3.63) is 65.0 Å². The Balaban J connectivity index is 2.54. The number of carbonyl (C=O) groups is 2. The van der Waals surface area contributed by atoms with Crippen LogP contribution in [0.3, 0.4) is 0 Å². The average molecular weight is 493 g/mol. The van der Waals surface area contributed by atoms with Crippen molar-refractivity contribution >= 4 is 27.7 Å². The van der Waals surface area contributed by atoms with Crippen molar-refractivity contribution in [2.24, 2.45) is 0 Å². The Kier molecular flexibility index (Phi) is 9.17. The van der Waals surface area contributed by atoms with Crippen LogP contribution < -0.4 is 9.62 Å². The molecule has 0 bridgehead atoms. The van der Waals surface area contributed by atoms with E-state index in [0.29, 0.717) is 23.2 Å². The second-order valence-corrected chi connectivity index (χ2v) is 10.3. The smallest absolute Gasteiger partial charge is 0.304 e. The van der Waals surface area contributed by atoms with Crippen LogP contribution in [0.2, 0.25) is 0 Å². The van der Waals surface area contributed by atoms with Crippen LogP contribution >= 0.6 is 0 Å². The lowest BCUT2D eigenvalue weighted by Gasteiger charge is -2.34. The first-order valence-electron chi connectivity index (χ1n) is 10.9. The fraction of sp³-hybridized carbons (Fsp3) is 0.417. The molecular weight excluding hydrogens is 459 g/mol. The van der Waals surface area contributed by atoms with E-state index >= 15 is 0 Å². The Morgan fingerprint density at radius 3 is 2.21 bits per heavy atom. The van der Waals surface area contributed by atoms with E-state index in [4.69, 9.17) is 0 Å². The molecule has 0 spiro atoms. The number of anilines is 1. The lowest BCUT2D eigenvalue weighted by Crippen LogP contribution is -2.53. The van der Waals surface area contributed by atoms with E-state index < -0.39 is 34.5 Å². The third kappa shape index (κ3) is 6.32. The van der Waals surface area contributed by atoms with Crippen LogP contribution in [0, 0.1) is 19.7 Å². The zero-order chi connectivity index (χ0) is 25.6. The average Bonchev–Trinajstić information content (AvgIpc) is 2.79. The monoisotopic (exact) mass is 492 g/mol. The van der Waals surface area contributed by atoms with Gasteiger partial charge in [-0.1, -0.05) is 31.2 Å². The minimum absolute atomic E-state index is 0.0215. The molecule has 186 valence electrons. The lowest BCUT2D eigenvalue weighted by atomic mass is 10.1. The van der Waals surface area contributed by atoms with Crippen LogP contribution in [0.15, 0.2) is 42.5 Å². The first kappa shape index (κ1) is 27.3. The van der Waals surface area contributed by atoms with E-state index in [1.54, 1.807) is 26.0 Å². The third-order valence-corrected chi connectivity index (χ3v) is 7.36. The SMILES string of the molecule is CC[C@H](C(=O)NC)N(Cc1ccc(F)cc1)C(=O)CN(c1cc(C)ccc1C)S(=O)(=O)N(C)C. The first-order valence-corrected chi connectivity index (χ1v) is 12.3. The lowest BCUT2D eigenvalue weighted by molar-refractivity contribution is -0.140. The minimum Gasteiger partial charge on any atom is -0.357 e. The van der Waals surface area contributed by atoms with E-state index in [-0.39, 0.29) is 12.5 Å². The molecule has 10 heteroatoms. The summed E-state index contributed by atoms with van der Waals surface area (Å²) < 4.78 is 42.0. The summed E-state index contributed by atoms with van der Waals surface area (Å²) in [6.07, 6.45) is 0.316. The summed E-state index contributed by atoms with van der Waals surface area (Å²) in [7, 11) is 0.242. The van der Waals surface area contributed by atoms with Crippen LogP contribution in [-0.2, 0) is 26.3 Å². The molecule has 2 aromatic carbocycles. The Hall–Kier alpha value is -2.98. The molecule has 2 amide bonds. The summed E-state index contributed by atoms with van der Waals surface area (Å²) in [5.41, 5.74) is 2.53. The molecule has 0 aliphatic heterocycles. The molecule has 0 heterocycles. The van der Waals surface area contributed by atoms with Crippen LogP contribution in [0.5, 0.6) is 0 Å². The maximum Gasteiger partial charge on any atom is 0.304 e. The van der Waals surface area contributed by atoms with Gasteiger partial charge in [-0.25, -0.2) is 8.70 Å². The third-order valence-electron chi connectivity index (χ3n) is 5.55. The Morgan fingerprint density at radius 2 is 1.68 bits per heavy atom. The molecule has 0 saturated heterocycles. The number of hydrogen-bond acceptors (Lipinski definition) is 4. The minimum atomic E-state index is -4.03. The molecule has 1 atom stereocenters. The van der Waals surface area contributed by atoms with Crippen LogP contribution in [0.4, 0.5) is 10.1 Å². The van der Waals surface area contributed by atoms with Crippen LogP contribution in [0.25, 0.3) is 0 Å². The van der Waals surface area contributed by atoms with E-state index in [2.05, 4.69) is 5.32 Å². The highest BCUT2D eigenvalue weighted by Crippen LogP contribution is 2.26. The summed E-state index contributed by atoms with van der Waals surface area (Å²) in [5.74, 6) is -1.34. The molecule has 0 fully saturated rings. The molecule has 0 aliphatic carbocycles. The normalized spacial score (nSPS) is 12.4. The number of aryl methyl sites for hydroxylation is 2. The van der Waals surface area contributed by atoms with Gasteiger partial charge in [0.05, 0.1) is 5.69 Å². The Morgan fingerprint density at radius 1 is 1.06 bits per heavy atom. The number of nitrogens with one attached hydrogen (secondary N) is 1. The Labute approximate surface area is 201 Å². The summed E-state index contributed by atoms with van der Waals surface area (Å²) in [6, 6.07) is 10.2. The van der Waals surface area contributed by atoms with Gasteiger partial charge >= 0.3 is 10.2 Å². The van der Waals surface area contributed by atoms with Crippen LogP contribution in [0.1, 0.15) is 30.0 Å². The topological polar surface area (TPSA) is 90.0 Å². The van der Waals surface area contributed by atoms with E-state index in [0.717, 1.165) is 14.2 Å². The fourth-order valence-electron chi connectivity index (χ4n) is 3.56. The molecular formula is C24H33FN4O4S. The number of amides is 2. The van der Waals surface area contributed by atoms with Gasteiger partial charge in [0.2, 0.25) is 11.8 Å². The first-order chi connectivity index (χ1) is 15.9. The van der Waals surface area contributed by atoms with Crippen molar-refractivity contribution in [3.63, 3.8) is 0 Å². The van der Waals surface area contributed by atoms with Crippen molar-refractivity contribution in [2.45, 2.75) is 39.8 Å². The summed E-state index contributed by atoms with van der Waals surface area (Å²) in [6.45, 7) is 4.90. The molecule has 0 radical (unpaired) electrons. The Bertz CT molecular complexity index is 1120. The highest BCUT2D eigenvalue weighted by atomic mass is 32.2. The summed E-state index contributed by atoms with van der Waals surface area (Å²) in [4.78, 5) is 27.6. The van der Waals surface area contributed by atoms with Crippen molar-refractivity contribution in [2.75, 3.05) is 32.0 Å². The summed E-state index contributed by atoms with van der Waals surface area (Å²) >= 11 is 0. The maximum absolute atomic E-state index is 13.6. The highest BCUT2D eigenvalue weighted by molar-refractivity contribution is 7.90. The largest absolute Gasteiger partial charge is 0.357 e. The van der Waals surface area contributed by atoms with Gasteiger partial charge in [0.25, 0.3) is 0 Å². The molecule has 0 saturated carbocycles. The number of carbonyl (C=O) groups excluding carboxylic acids is 2. The van der Waals surface area contributed by atoms with Gasteiger partial charge < -0.3 is 10.2 Å². The van der Waals surface area contributed by atoms with Gasteiger partial charge in [-0.2, -0.15) is 12.7 Å². The maximum atomic E-state index is 13.6. The summed E-state index contributed by atoms with van der Waals surface area (Å²) in [5, 5.41) is 2.56. The molecule has 2 rings (SSSR count). The number of rotatable bonds is 10. The molecule has 2 aromatic rings.